The largest absolute Gasteiger partial charge is 0.379 e. The molecule has 1 aliphatic rings. The van der Waals surface area contributed by atoms with Gasteiger partial charge in [0, 0.05) is 33.1 Å². The minimum absolute atomic E-state index is 0.106. The summed E-state index contributed by atoms with van der Waals surface area (Å²) in [6, 6.07) is 7.73. The summed E-state index contributed by atoms with van der Waals surface area (Å²) in [5.74, 6) is -0.292. The van der Waals surface area contributed by atoms with E-state index in [2.05, 4.69) is 18.5 Å². The van der Waals surface area contributed by atoms with E-state index < -0.39 is 0 Å². The quantitative estimate of drug-likeness (QED) is 0.479. The van der Waals surface area contributed by atoms with Crippen molar-refractivity contribution < 1.29 is 19.1 Å². The lowest BCUT2D eigenvalue weighted by molar-refractivity contribution is -0.125. The fraction of sp³-hybridized carbons (Fsp3) is 0.429. The Balaban J connectivity index is 1.94. The van der Waals surface area contributed by atoms with Crippen molar-refractivity contribution in [1.82, 2.24) is 5.32 Å². The molecule has 0 fully saturated rings. The molecule has 0 radical (unpaired) electrons. The van der Waals surface area contributed by atoms with E-state index in [1.54, 1.807) is 24.2 Å². The number of nitrogens with zero attached hydrogens (tertiary/aromatic N) is 1. The minimum atomic E-state index is -0.239. The third kappa shape index (κ3) is 8.12. The fourth-order valence-electron chi connectivity index (χ4n) is 3.48. The number of hydrogen-bond donors (Lipinski definition) is 1. The zero-order chi connectivity index (χ0) is 25.1. The average Bonchev–Trinajstić information content (AvgIpc) is 2.82. The van der Waals surface area contributed by atoms with Crippen LogP contribution in [0.3, 0.4) is 0 Å². The van der Waals surface area contributed by atoms with E-state index in [1.807, 2.05) is 57.2 Å². The number of benzene rings is 1. The summed E-state index contributed by atoms with van der Waals surface area (Å²) >= 11 is 0. The molecule has 2 rings (SSSR count). The molecule has 0 bridgehead atoms. The van der Waals surface area contributed by atoms with E-state index in [-0.39, 0.29) is 36.4 Å². The van der Waals surface area contributed by atoms with E-state index >= 15 is 0 Å². The van der Waals surface area contributed by atoms with Gasteiger partial charge in [0.25, 0.3) is 0 Å². The molecule has 1 aromatic rings. The Morgan fingerprint density at radius 1 is 1.18 bits per heavy atom. The number of ether oxygens (including phenoxy) is 2. The van der Waals surface area contributed by atoms with Gasteiger partial charge in [-0.15, -0.1) is 0 Å². The first-order chi connectivity index (χ1) is 16.2. The number of amides is 2. The summed E-state index contributed by atoms with van der Waals surface area (Å²) in [6.45, 7) is 15.0. The number of hydrogen-bond acceptors (Lipinski definition) is 4. The van der Waals surface area contributed by atoms with Crippen molar-refractivity contribution in [2.75, 3.05) is 31.7 Å². The smallest absolute Gasteiger partial charge is 0.227 e. The van der Waals surface area contributed by atoms with Gasteiger partial charge in [-0.3, -0.25) is 9.59 Å². The number of allylic oxidation sites excluding steroid dienone is 3. The van der Waals surface area contributed by atoms with Crippen molar-refractivity contribution in [3.63, 3.8) is 0 Å². The topological polar surface area (TPSA) is 67.9 Å². The molecule has 0 aliphatic carbocycles. The molecular weight excluding hydrogens is 428 g/mol. The lowest BCUT2D eigenvalue weighted by atomic mass is 10.0. The van der Waals surface area contributed by atoms with Crippen molar-refractivity contribution in [2.45, 2.75) is 51.7 Å². The SMILES string of the molecule is C=CC1=C(\C=C)CN(C(=O)CCC(=O)NCC(C)OCCC(C)(C)OC)c2ccccc2/C=C\1. The van der Waals surface area contributed by atoms with Gasteiger partial charge in [-0.1, -0.05) is 55.7 Å². The molecule has 1 aliphatic heterocycles. The predicted molar refractivity (Wildman–Crippen MR) is 139 cm³/mol. The van der Waals surface area contributed by atoms with Crippen LogP contribution in [0, 0.1) is 0 Å². The molecule has 34 heavy (non-hydrogen) atoms. The maximum Gasteiger partial charge on any atom is 0.227 e. The van der Waals surface area contributed by atoms with Crippen LogP contribution in [0.5, 0.6) is 0 Å². The van der Waals surface area contributed by atoms with Gasteiger partial charge in [0.2, 0.25) is 11.8 Å². The summed E-state index contributed by atoms with van der Waals surface area (Å²) in [5, 5.41) is 2.86. The monoisotopic (exact) mass is 466 g/mol. The van der Waals surface area contributed by atoms with Gasteiger partial charge in [0.05, 0.1) is 23.9 Å². The maximum absolute atomic E-state index is 13.2. The molecule has 1 N–H and O–H groups in total. The van der Waals surface area contributed by atoms with Gasteiger partial charge in [-0.05, 0) is 50.0 Å². The lowest BCUT2D eigenvalue weighted by Gasteiger charge is -2.27. The van der Waals surface area contributed by atoms with Crippen LogP contribution in [0.15, 0.2) is 66.8 Å². The van der Waals surface area contributed by atoms with Crippen LogP contribution in [-0.2, 0) is 19.1 Å². The molecule has 6 nitrogen and oxygen atoms in total. The lowest BCUT2D eigenvalue weighted by Crippen LogP contribution is -2.36. The summed E-state index contributed by atoms with van der Waals surface area (Å²) in [5.41, 5.74) is 3.33. The molecule has 1 unspecified atom stereocenters. The van der Waals surface area contributed by atoms with Crippen LogP contribution in [0.2, 0.25) is 0 Å². The molecule has 1 aromatic carbocycles. The van der Waals surface area contributed by atoms with Gasteiger partial charge in [0.1, 0.15) is 0 Å². The number of fused-ring (bicyclic) bond motifs is 1. The second kappa shape index (κ2) is 13.1. The predicted octanol–water partition coefficient (Wildman–Crippen LogP) is 4.83. The number of rotatable bonds is 12. The molecule has 1 atom stereocenters. The number of anilines is 1. The van der Waals surface area contributed by atoms with E-state index in [1.165, 1.54) is 0 Å². The highest BCUT2D eigenvalue weighted by Gasteiger charge is 2.22. The van der Waals surface area contributed by atoms with Crippen LogP contribution in [0.1, 0.15) is 45.6 Å². The van der Waals surface area contributed by atoms with Crippen molar-refractivity contribution in [3.8, 4) is 0 Å². The third-order valence-electron chi connectivity index (χ3n) is 5.95. The zero-order valence-corrected chi connectivity index (χ0v) is 20.9. The number of methoxy groups -OCH3 is 1. The van der Waals surface area contributed by atoms with Crippen molar-refractivity contribution in [2.24, 2.45) is 0 Å². The molecule has 184 valence electrons. The highest BCUT2D eigenvalue weighted by atomic mass is 16.5. The third-order valence-corrected chi connectivity index (χ3v) is 5.95. The second-order valence-electron chi connectivity index (χ2n) is 8.96. The summed E-state index contributed by atoms with van der Waals surface area (Å²) < 4.78 is 11.1. The molecule has 0 saturated heterocycles. The minimum Gasteiger partial charge on any atom is -0.379 e. The van der Waals surface area contributed by atoms with Crippen molar-refractivity contribution >= 4 is 23.6 Å². The average molecular weight is 467 g/mol. The van der Waals surface area contributed by atoms with Crippen LogP contribution in [0.25, 0.3) is 6.08 Å². The fourth-order valence-corrected chi connectivity index (χ4v) is 3.48. The van der Waals surface area contributed by atoms with Crippen molar-refractivity contribution in [1.29, 1.82) is 0 Å². The molecule has 0 spiro atoms. The number of para-hydroxylation sites is 1. The van der Waals surface area contributed by atoms with Gasteiger partial charge >= 0.3 is 0 Å². The first-order valence-electron chi connectivity index (χ1n) is 11.7. The second-order valence-corrected chi connectivity index (χ2v) is 8.96. The number of carbonyl (C=O) groups is 2. The molecule has 0 aromatic heterocycles. The first-order valence-corrected chi connectivity index (χ1v) is 11.7. The zero-order valence-electron chi connectivity index (χ0n) is 20.9. The normalized spacial score (nSPS) is 17.7. The number of carbonyl (C=O) groups excluding carboxylic acids is 2. The summed E-state index contributed by atoms with van der Waals surface area (Å²) in [7, 11) is 1.68. The Labute approximate surface area is 204 Å². The Bertz CT molecular complexity index is 945. The summed E-state index contributed by atoms with van der Waals surface area (Å²) in [6.07, 6.45) is 8.31. The van der Waals surface area contributed by atoms with E-state index in [4.69, 9.17) is 9.47 Å². The molecule has 2 amide bonds. The van der Waals surface area contributed by atoms with Gasteiger partial charge < -0.3 is 19.7 Å². The van der Waals surface area contributed by atoms with Gasteiger partial charge in [-0.25, -0.2) is 0 Å². The standard InChI is InChI=1S/C28H38N2O4/c1-7-22-13-14-24-11-9-10-12-25(24)30(20-23(22)8-2)27(32)16-15-26(31)29-19-21(3)34-18-17-28(4,5)33-6/h7-14,21H,1-2,15-20H2,3-6H3,(H,29,31)/b14-13-,23-22-. The van der Waals surface area contributed by atoms with Gasteiger partial charge in [-0.2, -0.15) is 0 Å². The molecular formula is C28H38N2O4. The summed E-state index contributed by atoms with van der Waals surface area (Å²) in [4.78, 5) is 27.3. The molecule has 6 heteroatoms. The Kier molecular flexibility index (Phi) is 10.5. The Morgan fingerprint density at radius 3 is 2.59 bits per heavy atom. The first kappa shape index (κ1) is 27.3. The maximum atomic E-state index is 13.2. The number of nitrogens with one attached hydrogen (secondary N) is 1. The van der Waals surface area contributed by atoms with E-state index in [9.17, 15) is 9.59 Å². The van der Waals surface area contributed by atoms with Crippen LogP contribution >= 0.6 is 0 Å². The molecule has 1 heterocycles. The van der Waals surface area contributed by atoms with Crippen LogP contribution in [-0.4, -0.2) is 50.3 Å². The van der Waals surface area contributed by atoms with E-state index in [0.29, 0.717) is 19.7 Å². The van der Waals surface area contributed by atoms with Crippen LogP contribution in [0.4, 0.5) is 5.69 Å². The molecule has 0 saturated carbocycles. The van der Waals surface area contributed by atoms with Crippen LogP contribution < -0.4 is 10.2 Å². The highest BCUT2D eigenvalue weighted by molar-refractivity contribution is 5.98. The highest BCUT2D eigenvalue weighted by Crippen LogP contribution is 2.28. The Hall–Kier alpha value is -2.96. The van der Waals surface area contributed by atoms with Crippen molar-refractivity contribution in [3.05, 3.63) is 72.4 Å². The van der Waals surface area contributed by atoms with E-state index in [0.717, 1.165) is 28.8 Å². The van der Waals surface area contributed by atoms with Gasteiger partial charge in [0.15, 0.2) is 0 Å². The Morgan fingerprint density at radius 2 is 1.91 bits per heavy atom.